The van der Waals surface area contributed by atoms with Crippen LogP contribution in [0.4, 0.5) is 0 Å². The number of methoxy groups -OCH3 is 4. The van der Waals surface area contributed by atoms with Crippen molar-refractivity contribution >= 4 is 0 Å². The third kappa shape index (κ3) is 9.52. The number of nitrogens with one attached hydrogen (secondary N) is 1. The third-order valence-electron chi connectivity index (χ3n) is 11.9. The number of hydrogen-bond donors (Lipinski definition) is 1. The predicted octanol–water partition coefficient (Wildman–Crippen LogP) is 10.2. The zero-order chi connectivity index (χ0) is 43.9. The van der Waals surface area contributed by atoms with Crippen LogP contribution in [0.3, 0.4) is 0 Å². The largest absolute Gasteiger partial charge is 0.497 e. The van der Waals surface area contributed by atoms with E-state index in [2.05, 4.69) is 60.1 Å². The molecule has 63 heavy (non-hydrogen) atoms. The summed E-state index contributed by atoms with van der Waals surface area (Å²) >= 11 is 0. The highest BCUT2D eigenvalue weighted by molar-refractivity contribution is 5.77. The van der Waals surface area contributed by atoms with Crippen molar-refractivity contribution in [3.05, 3.63) is 190 Å². The number of ether oxygens (including phenoxy) is 6. The normalized spacial score (nSPS) is 15.9. The number of rotatable bonds is 16. The summed E-state index contributed by atoms with van der Waals surface area (Å²) < 4.78 is 36.8. The Morgan fingerprint density at radius 2 is 0.984 bits per heavy atom. The lowest BCUT2D eigenvalue weighted by atomic mass is 9.94. The Balaban J connectivity index is 1.08. The van der Waals surface area contributed by atoms with E-state index in [1.165, 1.54) is 16.8 Å². The molecule has 1 N–H and O–H groups in total. The van der Waals surface area contributed by atoms with Crippen molar-refractivity contribution in [2.24, 2.45) is 5.92 Å². The van der Waals surface area contributed by atoms with E-state index >= 15 is 0 Å². The van der Waals surface area contributed by atoms with E-state index < -0.39 is 17.3 Å². The van der Waals surface area contributed by atoms with Crippen molar-refractivity contribution in [3.8, 4) is 67.5 Å². The van der Waals surface area contributed by atoms with Gasteiger partial charge in [0, 0.05) is 18.2 Å². The highest BCUT2D eigenvalue weighted by Crippen LogP contribution is 2.42. The average molecular weight is 843 g/mol. The molecule has 0 spiro atoms. The van der Waals surface area contributed by atoms with E-state index in [1.54, 1.807) is 28.4 Å². The molecule has 1 fully saturated rings. The SMILES string of the molecule is C=C1C(COCc2ccc(-c3ccc(OC)cc3)cc2-c2ccc(OC)cc2)C(OCc2ccc(-c3ccc(OC)cc3)cc2-c2ccc(OC)cc2)CC1n1ccc(=O)[nH]c1=O. The van der Waals surface area contributed by atoms with Crippen molar-refractivity contribution in [2.45, 2.75) is 31.8 Å². The Bertz CT molecular complexity index is 2790. The maximum Gasteiger partial charge on any atom is 0.328 e. The first-order valence-corrected chi connectivity index (χ1v) is 20.8. The Morgan fingerprint density at radius 3 is 1.43 bits per heavy atom. The van der Waals surface area contributed by atoms with Crippen LogP contribution in [0.1, 0.15) is 23.6 Å². The van der Waals surface area contributed by atoms with Crippen LogP contribution in [-0.2, 0) is 22.7 Å². The molecule has 0 radical (unpaired) electrons. The van der Waals surface area contributed by atoms with Crippen LogP contribution in [-0.4, -0.2) is 50.7 Å². The van der Waals surface area contributed by atoms with E-state index in [-0.39, 0.29) is 12.0 Å². The molecule has 0 amide bonds. The van der Waals surface area contributed by atoms with Gasteiger partial charge in [-0.1, -0.05) is 79.4 Å². The Morgan fingerprint density at radius 1 is 0.556 bits per heavy atom. The number of hydrogen-bond acceptors (Lipinski definition) is 8. The van der Waals surface area contributed by atoms with Crippen LogP contribution in [0.15, 0.2) is 167 Å². The van der Waals surface area contributed by atoms with Gasteiger partial charge in [0.15, 0.2) is 0 Å². The molecule has 10 nitrogen and oxygen atoms in total. The third-order valence-corrected chi connectivity index (χ3v) is 11.9. The van der Waals surface area contributed by atoms with Gasteiger partial charge in [-0.15, -0.1) is 0 Å². The minimum Gasteiger partial charge on any atom is -0.497 e. The minimum absolute atomic E-state index is 0.264. The lowest BCUT2D eigenvalue weighted by Gasteiger charge is -2.22. The number of H-pyrrole nitrogens is 1. The number of aromatic amines is 1. The zero-order valence-corrected chi connectivity index (χ0v) is 35.8. The summed E-state index contributed by atoms with van der Waals surface area (Å²) in [6.07, 6.45) is 1.64. The molecule has 7 aromatic rings. The summed E-state index contributed by atoms with van der Waals surface area (Å²) in [5.74, 6) is 2.86. The second kappa shape index (κ2) is 19.3. The molecule has 1 heterocycles. The minimum atomic E-state index is -0.494. The summed E-state index contributed by atoms with van der Waals surface area (Å²) in [5, 5.41) is 0. The van der Waals surface area contributed by atoms with Gasteiger partial charge >= 0.3 is 5.69 Å². The van der Waals surface area contributed by atoms with E-state index in [9.17, 15) is 9.59 Å². The van der Waals surface area contributed by atoms with Gasteiger partial charge in [-0.05, 0) is 128 Å². The van der Waals surface area contributed by atoms with Gasteiger partial charge in [-0.2, -0.15) is 0 Å². The van der Waals surface area contributed by atoms with E-state index in [1.807, 2.05) is 84.9 Å². The summed E-state index contributed by atoms with van der Waals surface area (Å²) in [5.41, 5.74) is 10.2. The molecule has 0 aliphatic heterocycles. The molecule has 1 aromatic heterocycles. The number of nitrogens with zero attached hydrogens (tertiary/aromatic N) is 1. The topological polar surface area (TPSA) is 110 Å². The number of aromatic nitrogens is 2. The molecule has 6 aromatic carbocycles. The van der Waals surface area contributed by atoms with Crippen molar-refractivity contribution < 1.29 is 28.4 Å². The Kier molecular flexibility index (Phi) is 13.0. The van der Waals surface area contributed by atoms with Crippen LogP contribution in [0.25, 0.3) is 44.5 Å². The molecule has 0 bridgehead atoms. The molecular weight excluding hydrogens is 793 g/mol. The second-order valence-corrected chi connectivity index (χ2v) is 15.5. The van der Waals surface area contributed by atoms with Gasteiger partial charge in [0.05, 0.1) is 60.4 Å². The molecule has 0 saturated heterocycles. The van der Waals surface area contributed by atoms with E-state index in [0.29, 0.717) is 26.2 Å². The molecule has 8 rings (SSSR count). The van der Waals surface area contributed by atoms with E-state index in [0.717, 1.165) is 84.2 Å². The standard InChI is InChI=1S/C53H50N2O8/c1-34-49(33-62-31-41-8-6-39(35-10-18-43(58-2)19-11-35)28-47(41)37-14-22-45(60-4)23-15-37)51(30-50(34)55-27-26-52(56)54-53(55)57)63-32-42-9-7-40(36-12-20-44(59-3)21-13-36)29-48(42)38-16-24-46(61-5)25-17-38/h6-29,49-51H,1,30-33H2,2-5H3,(H,54,56,57). The van der Waals surface area contributed by atoms with Crippen LogP contribution in [0, 0.1) is 5.92 Å². The molecule has 320 valence electrons. The smallest absolute Gasteiger partial charge is 0.328 e. The maximum atomic E-state index is 13.1. The predicted molar refractivity (Wildman–Crippen MR) is 247 cm³/mol. The van der Waals surface area contributed by atoms with Crippen LogP contribution < -0.4 is 30.2 Å². The molecule has 1 saturated carbocycles. The summed E-state index contributed by atoms with van der Waals surface area (Å²) in [4.78, 5) is 27.6. The first-order chi connectivity index (χ1) is 30.7. The van der Waals surface area contributed by atoms with Crippen molar-refractivity contribution in [3.63, 3.8) is 0 Å². The fourth-order valence-corrected chi connectivity index (χ4v) is 8.29. The van der Waals surface area contributed by atoms with Crippen molar-refractivity contribution in [2.75, 3.05) is 35.0 Å². The fraction of sp³-hybridized carbons (Fsp3) is 0.208. The van der Waals surface area contributed by atoms with Gasteiger partial charge in [-0.3, -0.25) is 14.3 Å². The van der Waals surface area contributed by atoms with Crippen LogP contribution >= 0.6 is 0 Å². The highest BCUT2D eigenvalue weighted by atomic mass is 16.5. The molecule has 3 atom stereocenters. The summed E-state index contributed by atoms with van der Waals surface area (Å²) in [6, 6.07) is 45.7. The zero-order valence-electron chi connectivity index (χ0n) is 35.8. The molecule has 3 unspecified atom stereocenters. The molecular formula is C53H50N2O8. The van der Waals surface area contributed by atoms with Crippen LogP contribution in [0.5, 0.6) is 23.0 Å². The highest BCUT2D eigenvalue weighted by Gasteiger charge is 2.40. The first-order valence-electron chi connectivity index (χ1n) is 20.8. The first kappa shape index (κ1) is 42.5. The summed E-state index contributed by atoms with van der Waals surface area (Å²) in [7, 11) is 6.63. The van der Waals surface area contributed by atoms with Gasteiger partial charge in [-0.25, -0.2) is 4.79 Å². The fourth-order valence-electron chi connectivity index (χ4n) is 8.29. The maximum absolute atomic E-state index is 13.1. The number of benzene rings is 6. The van der Waals surface area contributed by atoms with Crippen LogP contribution in [0.2, 0.25) is 0 Å². The molecule has 1 aliphatic rings. The second-order valence-electron chi connectivity index (χ2n) is 15.5. The average Bonchev–Trinajstić information content (AvgIpc) is 3.64. The lowest BCUT2D eigenvalue weighted by molar-refractivity contribution is -0.0120. The van der Waals surface area contributed by atoms with Gasteiger partial charge in [0.2, 0.25) is 0 Å². The van der Waals surface area contributed by atoms with E-state index in [4.69, 9.17) is 28.4 Å². The van der Waals surface area contributed by atoms with Crippen molar-refractivity contribution in [1.82, 2.24) is 9.55 Å². The lowest BCUT2D eigenvalue weighted by Crippen LogP contribution is -2.31. The summed E-state index contributed by atoms with van der Waals surface area (Å²) in [6.45, 7) is 5.42. The van der Waals surface area contributed by atoms with Gasteiger partial charge in [0.1, 0.15) is 23.0 Å². The molecule has 1 aliphatic carbocycles. The Labute approximate surface area is 366 Å². The quantitative estimate of drug-likeness (QED) is 0.0958. The molecule has 10 heteroatoms. The van der Waals surface area contributed by atoms with Gasteiger partial charge in [0.25, 0.3) is 5.56 Å². The van der Waals surface area contributed by atoms with Gasteiger partial charge < -0.3 is 28.4 Å². The Hall–Kier alpha value is -7.14. The monoisotopic (exact) mass is 842 g/mol. The van der Waals surface area contributed by atoms with Crippen molar-refractivity contribution in [1.29, 1.82) is 0 Å².